The fourth-order valence-electron chi connectivity index (χ4n) is 3.42. The normalized spacial score (nSPS) is 27.7. The summed E-state index contributed by atoms with van der Waals surface area (Å²) in [6.07, 6.45) is 5.26. The molecule has 2 atom stereocenters. The number of hydrogen-bond donors (Lipinski definition) is 1. The summed E-state index contributed by atoms with van der Waals surface area (Å²) in [7, 11) is 0. The maximum atomic E-state index is 12.6. The van der Waals surface area contributed by atoms with Crippen LogP contribution in [-0.2, 0) is 11.3 Å². The van der Waals surface area contributed by atoms with Gasteiger partial charge in [-0.15, -0.1) is 0 Å². The largest absolute Gasteiger partial charge is 0.464 e. The van der Waals surface area contributed by atoms with Crippen LogP contribution in [0.5, 0.6) is 0 Å². The zero-order valence-corrected chi connectivity index (χ0v) is 13.8. The van der Waals surface area contributed by atoms with Crippen LogP contribution >= 0.6 is 0 Å². The number of nitrogens with zero attached hydrogens (tertiary/aromatic N) is 1. The van der Waals surface area contributed by atoms with Crippen molar-refractivity contribution in [3.63, 3.8) is 0 Å². The zero-order chi connectivity index (χ0) is 15.8. The highest BCUT2D eigenvalue weighted by molar-refractivity contribution is 5.75. The van der Waals surface area contributed by atoms with E-state index >= 15 is 0 Å². The number of rotatable bonds is 5. The molecule has 5 nitrogen and oxygen atoms in total. The lowest BCUT2D eigenvalue weighted by atomic mass is 10.1. The molecule has 1 aromatic rings. The molecule has 3 aliphatic rings. The Labute approximate surface area is 137 Å². The summed E-state index contributed by atoms with van der Waals surface area (Å²) in [6.45, 7) is 4.33. The summed E-state index contributed by atoms with van der Waals surface area (Å²) < 4.78 is 11.3. The molecule has 23 heavy (non-hydrogen) atoms. The summed E-state index contributed by atoms with van der Waals surface area (Å²) >= 11 is 0. The van der Waals surface area contributed by atoms with Crippen LogP contribution in [0, 0.1) is 5.92 Å². The van der Waals surface area contributed by atoms with Crippen molar-refractivity contribution in [1.82, 2.24) is 10.2 Å². The van der Waals surface area contributed by atoms with Crippen LogP contribution in [-0.4, -0.2) is 36.2 Å². The van der Waals surface area contributed by atoms with Crippen LogP contribution in [0.3, 0.4) is 0 Å². The van der Waals surface area contributed by atoms with Crippen molar-refractivity contribution in [3.8, 4) is 0 Å². The molecule has 5 heteroatoms. The van der Waals surface area contributed by atoms with Crippen LogP contribution in [0.1, 0.15) is 56.5 Å². The predicted molar refractivity (Wildman–Crippen MR) is 86.2 cm³/mol. The number of urea groups is 1. The quantitative estimate of drug-likeness (QED) is 0.906. The van der Waals surface area contributed by atoms with Gasteiger partial charge < -0.3 is 19.4 Å². The van der Waals surface area contributed by atoms with E-state index in [0.717, 1.165) is 56.3 Å². The molecule has 2 saturated carbocycles. The van der Waals surface area contributed by atoms with E-state index in [4.69, 9.17) is 9.15 Å². The Hall–Kier alpha value is -1.49. The van der Waals surface area contributed by atoms with Gasteiger partial charge in [-0.2, -0.15) is 0 Å². The van der Waals surface area contributed by atoms with Crippen molar-refractivity contribution >= 4 is 6.03 Å². The van der Waals surface area contributed by atoms with Gasteiger partial charge in [0.15, 0.2) is 0 Å². The molecule has 1 saturated heterocycles. The van der Waals surface area contributed by atoms with Gasteiger partial charge in [0.05, 0.1) is 6.54 Å². The first-order chi connectivity index (χ1) is 11.2. The summed E-state index contributed by atoms with van der Waals surface area (Å²) in [5.41, 5.74) is 0. The molecule has 4 rings (SSSR count). The molecule has 1 aromatic heterocycles. The molecule has 2 amide bonds. The third-order valence-electron chi connectivity index (χ3n) is 5.28. The number of amides is 2. The second-order valence-electron chi connectivity index (χ2n) is 7.32. The van der Waals surface area contributed by atoms with E-state index in [-0.39, 0.29) is 12.1 Å². The number of carbonyl (C=O) groups excluding carboxylic acids is 1. The lowest BCUT2D eigenvalue weighted by Crippen LogP contribution is -2.47. The van der Waals surface area contributed by atoms with Crippen LogP contribution < -0.4 is 5.32 Å². The van der Waals surface area contributed by atoms with Crippen molar-refractivity contribution in [2.24, 2.45) is 5.92 Å². The van der Waals surface area contributed by atoms with E-state index in [1.54, 1.807) is 0 Å². The van der Waals surface area contributed by atoms with Crippen molar-refractivity contribution in [2.75, 3.05) is 13.2 Å². The Morgan fingerprint density at radius 1 is 1.26 bits per heavy atom. The van der Waals surface area contributed by atoms with Gasteiger partial charge in [0.2, 0.25) is 0 Å². The zero-order valence-electron chi connectivity index (χ0n) is 13.8. The fourth-order valence-corrected chi connectivity index (χ4v) is 3.42. The maximum absolute atomic E-state index is 12.6. The lowest BCUT2D eigenvalue weighted by molar-refractivity contribution is 0.0775. The number of hydrogen-bond acceptors (Lipinski definition) is 3. The highest BCUT2D eigenvalue weighted by Gasteiger charge is 2.38. The van der Waals surface area contributed by atoms with E-state index in [1.165, 1.54) is 6.42 Å². The van der Waals surface area contributed by atoms with E-state index in [9.17, 15) is 4.79 Å². The molecule has 2 heterocycles. The third-order valence-corrected chi connectivity index (χ3v) is 5.28. The van der Waals surface area contributed by atoms with Gasteiger partial charge in [-0.3, -0.25) is 0 Å². The van der Waals surface area contributed by atoms with Gasteiger partial charge in [0, 0.05) is 31.2 Å². The first-order valence-corrected chi connectivity index (χ1v) is 8.94. The van der Waals surface area contributed by atoms with E-state index in [2.05, 4.69) is 18.3 Å². The SMILES string of the molecule is C[C@@H]1C[C@H]1c1ccc(CN(C(=O)NC2CCOCC2)C2CC2)o1. The first kappa shape index (κ1) is 15.1. The van der Waals surface area contributed by atoms with E-state index < -0.39 is 0 Å². The molecular weight excluding hydrogens is 292 g/mol. The second-order valence-corrected chi connectivity index (χ2v) is 7.32. The van der Waals surface area contributed by atoms with Crippen molar-refractivity contribution in [1.29, 1.82) is 0 Å². The topological polar surface area (TPSA) is 54.7 Å². The van der Waals surface area contributed by atoms with Crippen molar-refractivity contribution < 1.29 is 13.9 Å². The van der Waals surface area contributed by atoms with Crippen LogP contribution in [0.25, 0.3) is 0 Å². The average molecular weight is 318 g/mol. The van der Waals surface area contributed by atoms with Gasteiger partial charge >= 0.3 is 6.03 Å². The first-order valence-electron chi connectivity index (χ1n) is 8.94. The molecule has 3 fully saturated rings. The Bertz CT molecular complexity index is 560. The molecule has 0 aromatic carbocycles. The molecule has 126 valence electrons. The van der Waals surface area contributed by atoms with E-state index in [0.29, 0.717) is 18.5 Å². The second kappa shape index (κ2) is 6.19. The fraction of sp³-hybridized carbons (Fsp3) is 0.722. The standard InChI is InChI=1S/C18H26N2O3/c1-12-10-16(12)17-5-4-15(23-17)11-20(14-2-3-14)18(21)19-13-6-8-22-9-7-13/h4-5,12-14,16H,2-3,6-11H2,1H3,(H,19,21)/t12-,16-/m1/s1. The molecule has 1 aliphatic heterocycles. The number of nitrogens with one attached hydrogen (secondary N) is 1. The van der Waals surface area contributed by atoms with Crippen molar-refractivity contribution in [3.05, 3.63) is 23.7 Å². The number of furan rings is 1. The Morgan fingerprint density at radius 3 is 2.65 bits per heavy atom. The number of ether oxygens (including phenoxy) is 1. The highest BCUT2D eigenvalue weighted by atomic mass is 16.5. The molecule has 0 radical (unpaired) electrons. The van der Waals surface area contributed by atoms with Gasteiger partial charge in [-0.1, -0.05) is 6.92 Å². The van der Waals surface area contributed by atoms with E-state index in [1.807, 2.05) is 11.0 Å². The van der Waals surface area contributed by atoms with Gasteiger partial charge in [-0.25, -0.2) is 4.79 Å². The van der Waals surface area contributed by atoms with Gasteiger partial charge in [0.25, 0.3) is 0 Å². The summed E-state index contributed by atoms with van der Waals surface area (Å²) in [5, 5.41) is 3.17. The summed E-state index contributed by atoms with van der Waals surface area (Å²) in [5.74, 6) is 3.33. The number of carbonyl (C=O) groups is 1. The molecule has 0 unspecified atom stereocenters. The van der Waals surface area contributed by atoms with Crippen LogP contribution in [0.4, 0.5) is 4.79 Å². The molecule has 2 aliphatic carbocycles. The smallest absolute Gasteiger partial charge is 0.318 e. The molecule has 0 spiro atoms. The highest BCUT2D eigenvalue weighted by Crippen LogP contribution is 2.47. The minimum absolute atomic E-state index is 0.0529. The van der Waals surface area contributed by atoms with Gasteiger partial charge in [-0.05, 0) is 50.2 Å². The van der Waals surface area contributed by atoms with Crippen LogP contribution in [0.2, 0.25) is 0 Å². The van der Waals surface area contributed by atoms with Crippen molar-refractivity contribution in [2.45, 2.75) is 63.6 Å². The Morgan fingerprint density at radius 2 is 2.00 bits per heavy atom. The maximum Gasteiger partial charge on any atom is 0.318 e. The summed E-state index contributed by atoms with van der Waals surface area (Å²) in [4.78, 5) is 14.6. The molecule has 0 bridgehead atoms. The molecular formula is C18H26N2O3. The monoisotopic (exact) mass is 318 g/mol. The minimum atomic E-state index is 0.0529. The lowest BCUT2D eigenvalue weighted by Gasteiger charge is -2.28. The third kappa shape index (κ3) is 3.55. The predicted octanol–water partition coefficient (Wildman–Crippen LogP) is 3.26. The molecule has 1 N–H and O–H groups in total. The minimum Gasteiger partial charge on any atom is -0.464 e. The average Bonchev–Trinajstić information content (AvgIpc) is 3.47. The van der Waals surface area contributed by atoms with Gasteiger partial charge in [0.1, 0.15) is 11.5 Å². The Balaban J connectivity index is 1.37. The van der Waals surface area contributed by atoms with Crippen LogP contribution in [0.15, 0.2) is 16.5 Å². The Kier molecular flexibility index (Phi) is 4.05. The summed E-state index contributed by atoms with van der Waals surface area (Å²) in [6, 6.07) is 4.81.